The molecular formula is C23H25N3O5S2. The van der Waals surface area contributed by atoms with Crippen LogP contribution in [0.1, 0.15) is 37.1 Å². The molecule has 0 radical (unpaired) electrons. The van der Waals surface area contributed by atoms with Crippen molar-refractivity contribution in [3.8, 4) is 17.0 Å². The Morgan fingerprint density at radius 1 is 1.18 bits per heavy atom. The summed E-state index contributed by atoms with van der Waals surface area (Å²) < 4.78 is 35.7. The molecule has 2 aromatic carbocycles. The molecule has 33 heavy (non-hydrogen) atoms. The van der Waals surface area contributed by atoms with Crippen LogP contribution in [0.3, 0.4) is 0 Å². The number of ether oxygens (including phenoxy) is 2. The molecule has 1 aromatic heterocycles. The van der Waals surface area contributed by atoms with E-state index in [0.717, 1.165) is 35.4 Å². The highest BCUT2D eigenvalue weighted by atomic mass is 32.2. The number of nitrogens with two attached hydrogens (primary N) is 1. The van der Waals surface area contributed by atoms with Crippen molar-refractivity contribution in [3.63, 3.8) is 0 Å². The van der Waals surface area contributed by atoms with Gasteiger partial charge in [-0.1, -0.05) is 36.4 Å². The molecule has 10 heteroatoms. The molecule has 1 aliphatic rings. The largest absolute Gasteiger partial charge is 0.515 e. The second kappa shape index (κ2) is 9.58. The summed E-state index contributed by atoms with van der Waals surface area (Å²) in [6, 6.07) is 14.3. The third-order valence-corrected chi connectivity index (χ3v) is 6.92. The molecule has 0 spiro atoms. The smallest absolute Gasteiger partial charge is 0.434 e. The van der Waals surface area contributed by atoms with Gasteiger partial charge in [-0.05, 0) is 54.8 Å². The first-order chi connectivity index (χ1) is 15.8. The predicted molar refractivity (Wildman–Crippen MR) is 126 cm³/mol. The van der Waals surface area contributed by atoms with E-state index >= 15 is 0 Å². The summed E-state index contributed by atoms with van der Waals surface area (Å²) in [6.45, 7) is 2.37. The highest BCUT2D eigenvalue weighted by Gasteiger charge is 2.33. The summed E-state index contributed by atoms with van der Waals surface area (Å²) in [4.78, 5) is 16.9. The number of thioether (sulfide) groups is 1. The van der Waals surface area contributed by atoms with E-state index in [2.05, 4.69) is 0 Å². The van der Waals surface area contributed by atoms with Gasteiger partial charge in [-0.15, -0.1) is 11.8 Å². The van der Waals surface area contributed by atoms with Crippen LogP contribution >= 0.6 is 11.8 Å². The average Bonchev–Trinajstić information content (AvgIpc) is 3.58. The van der Waals surface area contributed by atoms with E-state index in [4.69, 9.17) is 19.6 Å². The van der Waals surface area contributed by atoms with E-state index in [-0.39, 0.29) is 11.5 Å². The summed E-state index contributed by atoms with van der Waals surface area (Å²) in [5.74, 6) is 1.59. The van der Waals surface area contributed by atoms with Gasteiger partial charge < -0.3 is 9.47 Å². The normalized spacial score (nSPS) is 13.7. The number of carbonyl (C=O) groups is 1. The van der Waals surface area contributed by atoms with E-state index in [1.807, 2.05) is 35.1 Å². The molecule has 2 N–H and O–H groups in total. The Balaban J connectivity index is 1.74. The van der Waals surface area contributed by atoms with Crippen molar-refractivity contribution in [1.82, 2.24) is 9.55 Å². The standard InChI is InChI=1S/C23H25N3O5S2/c1-3-30-23(27)31-22-21(32-2)25-20(16-8-9-16)26(22)14-17-6-4-5-7-19(17)15-10-12-18(13-11-15)33(24,28)29/h4-7,10-13,16H,3,8-9,14H2,1-2H3,(H2,24,28,29). The number of rotatable bonds is 8. The zero-order valence-electron chi connectivity index (χ0n) is 18.4. The molecule has 0 amide bonds. The first kappa shape index (κ1) is 23.3. The van der Waals surface area contributed by atoms with Crippen molar-refractivity contribution in [2.24, 2.45) is 5.14 Å². The lowest BCUT2D eigenvalue weighted by atomic mass is 9.99. The van der Waals surface area contributed by atoms with E-state index in [1.54, 1.807) is 19.1 Å². The number of nitrogens with zero attached hydrogens (tertiary/aromatic N) is 2. The lowest BCUT2D eigenvalue weighted by Crippen LogP contribution is -2.15. The molecule has 1 aliphatic carbocycles. The predicted octanol–water partition coefficient (Wildman–Crippen LogP) is 4.38. The number of benzene rings is 2. The fourth-order valence-electron chi connectivity index (χ4n) is 3.63. The average molecular weight is 488 g/mol. The monoisotopic (exact) mass is 487 g/mol. The molecule has 1 fully saturated rings. The van der Waals surface area contributed by atoms with Crippen LogP contribution in [0, 0.1) is 0 Å². The fraction of sp³-hybridized carbons (Fsp3) is 0.304. The lowest BCUT2D eigenvalue weighted by molar-refractivity contribution is 0.0998. The van der Waals surface area contributed by atoms with Crippen LogP contribution in [-0.4, -0.2) is 37.0 Å². The topological polar surface area (TPSA) is 114 Å². The summed E-state index contributed by atoms with van der Waals surface area (Å²) >= 11 is 1.42. The van der Waals surface area contributed by atoms with Crippen molar-refractivity contribution in [2.45, 2.75) is 42.1 Å². The van der Waals surface area contributed by atoms with Gasteiger partial charge in [-0.25, -0.2) is 23.3 Å². The van der Waals surface area contributed by atoms with Crippen molar-refractivity contribution in [3.05, 3.63) is 59.9 Å². The van der Waals surface area contributed by atoms with Gasteiger partial charge in [0.15, 0.2) is 5.03 Å². The zero-order chi connectivity index (χ0) is 23.6. The molecule has 0 aliphatic heterocycles. The Morgan fingerprint density at radius 3 is 2.48 bits per heavy atom. The lowest BCUT2D eigenvalue weighted by Gasteiger charge is -2.15. The van der Waals surface area contributed by atoms with Crippen LogP contribution in [0.5, 0.6) is 5.88 Å². The maximum absolute atomic E-state index is 12.1. The second-order valence-corrected chi connectivity index (χ2v) is 10.0. The van der Waals surface area contributed by atoms with Crippen LogP contribution in [0.2, 0.25) is 0 Å². The van der Waals surface area contributed by atoms with Gasteiger partial charge in [0.05, 0.1) is 18.0 Å². The van der Waals surface area contributed by atoms with Crippen molar-refractivity contribution in [1.29, 1.82) is 0 Å². The molecule has 3 aromatic rings. The summed E-state index contributed by atoms with van der Waals surface area (Å²) in [7, 11) is -3.77. The van der Waals surface area contributed by atoms with Crippen LogP contribution < -0.4 is 9.88 Å². The van der Waals surface area contributed by atoms with Gasteiger partial charge in [-0.3, -0.25) is 4.57 Å². The molecule has 174 valence electrons. The van der Waals surface area contributed by atoms with Crippen molar-refractivity contribution >= 4 is 27.9 Å². The van der Waals surface area contributed by atoms with Gasteiger partial charge in [-0.2, -0.15) is 0 Å². The number of hydrogen-bond acceptors (Lipinski definition) is 7. The summed E-state index contributed by atoms with van der Waals surface area (Å²) in [5.41, 5.74) is 2.76. The van der Waals surface area contributed by atoms with Crippen LogP contribution in [0.15, 0.2) is 58.5 Å². The third kappa shape index (κ3) is 5.23. The van der Waals surface area contributed by atoms with Gasteiger partial charge in [0.2, 0.25) is 15.9 Å². The Hall–Kier alpha value is -2.82. The maximum atomic E-state index is 12.1. The first-order valence-corrected chi connectivity index (χ1v) is 13.3. The number of carbonyl (C=O) groups excluding carboxylic acids is 1. The van der Waals surface area contributed by atoms with Gasteiger partial charge >= 0.3 is 6.16 Å². The Labute approximate surface area is 197 Å². The van der Waals surface area contributed by atoms with Crippen molar-refractivity contribution in [2.75, 3.05) is 12.9 Å². The van der Waals surface area contributed by atoms with Crippen LogP contribution in [0.4, 0.5) is 4.79 Å². The molecule has 0 saturated heterocycles. The number of aromatic nitrogens is 2. The minimum Gasteiger partial charge on any atom is -0.434 e. The highest BCUT2D eigenvalue weighted by molar-refractivity contribution is 7.98. The molecule has 1 heterocycles. The SMILES string of the molecule is CCOC(=O)Oc1c(SC)nc(C2CC2)n1Cc1ccccc1-c1ccc(S(N)(=O)=O)cc1. The highest BCUT2D eigenvalue weighted by Crippen LogP contribution is 2.44. The fourth-order valence-corrected chi connectivity index (χ4v) is 4.66. The van der Waals surface area contributed by atoms with E-state index in [0.29, 0.717) is 23.4 Å². The number of hydrogen-bond donors (Lipinski definition) is 1. The molecule has 0 bridgehead atoms. The van der Waals surface area contributed by atoms with Crippen LogP contribution in [0.25, 0.3) is 11.1 Å². The zero-order valence-corrected chi connectivity index (χ0v) is 20.0. The number of imidazole rings is 1. The molecule has 8 nitrogen and oxygen atoms in total. The summed E-state index contributed by atoms with van der Waals surface area (Å²) in [6.07, 6.45) is 3.21. The van der Waals surface area contributed by atoms with Crippen molar-refractivity contribution < 1.29 is 22.7 Å². The molecule has 0 unspecified atom stereocenters. The molecule has 1 saturated carbocycles. The Bertz CT molecular complexity index is 1270. The molecular weight excluding hydrogens is 462 g/mol. The Kier molecular flexibility index (Phi) is 6.78. The van der Waals surface area contributed by atoms with Crippen LogP contribution in [-0.2, 0) is 21.3 Å². The first-order valence-electron chi connectivity index (χ1n) is 10.5. The number of primary sulfonamides is 1. The van der Waals surface area contributed by atoms with E-state index in [1.165, 1.54) is 23.9 Å². The molecule has 0 atom stereocenters. The van der Waals surface area contributed by atoms with Gasteiger partial charge in [0.1, 0.15) is 5.82 Å². The number of sulfonamides is 1. The quantitative estimate of drug-likeness (QED) is 0.370. The van der Waals surface area contributed by atoms with Gasteiger partial charge in [0.25, 0.3) is 0 Å². The summed E-state index contributed by atoms with van der Waals surface area (Å²) in [5, 5.41) is 5.87. The van der Waals surface area contributed by atoms with E-state index < -0.39 is 16.2 Å². The van der Waals surface area contributed by atoms with E-state index in [9.17, 15) is 13.2 Å². The van der Waals surface area contributed by atoms with Gasteiger partial charge in [0, 0.05) is 5.92 Å². The maximum Gasteiger partial charge on any atom is 0.515 e. The minimum absolute atomic E-state index is 0.0593. The second-order valence-electron chi connectivity index (χ2n) is 7.66. The molecule has 4 rings (SSSR count). The Morgan fingerprint density at radius 2 is 1.88 bits per heavy atom. The minimum atomic E-state index is -3.77. The third-order valence-electron chi connectivity index (χ3n) is 5.34.